The lowest BCUT2D eigenvalue weighted by Gasteiger charge is -2.26. The van der Waals surface area contributed by atoms with Crippen LogP contribution in [0.3, 0.4) is 0 Å². The molecule has 7 heteroatoms. The number of fused-ring (bicyclic) bond motifs is 1. The average molecular weight is 472 g/mol. The Hall–Kier alpha value is -3.68. The molecule has 0 aliphatic carbocycles. The van der Waals surface area contributed by atoms with Gasteiger partial charge in [0.25, 0.3) is 0 Å². The van der Waals surface area contributed by atoms with Gasteiger partial charge in [-0.15, -0.1) is 0 Å². The second kappa shape index (κ2) is 9.52. The molecule has 1 saturated heterocycles. The molecule has 0 atom stereocenters. The van der Waals surface area contributed by atoms with Gasteiger partial charge in [-0.05, 0) is 47.5 Å². The summed E-state index contributed by atoms with van der Waals surface area (Å²) in [6.45, 7) is 4.96. The highest BCUT2D eigenvalue weighted by atomic mass is 19.1. The summed E-state index contributed by atoms with van der Waals surface area (Å²) < 4.78 is 33.6. The molecule has 178 valence electrons. The fraction of sp³-hybridized carbons (Fsp3) is 0.250. The van der Waals surface area contributed by atoms with Crippen LogP contribution in [0.5, 0.6) is 11.5 Å². The largest absolute Gasteiger partial charge is 0.486 e. The predicted octanol–water partition coefficient (Wildman–Crippen LogP) is 4.95. The maximum Gasteiger partial charge on any atom is 0.161 e. The van der Waals surface area contributed by atoms with E-state index in [9.17, 15) is 4.39 Å². The van der Waals surface area contributed by atoms with Crippen molar-refractivity contribution < 1.29 is 18.6 Å². The first-order valence-electron chi connectivity index (χ1n) is 11.9. The highest BCUT2D eigenvalue weighted by molar-refractivity contribution is 5.70. The van der Waals surface area contributed by atoms with Crippen molar-refractivity contribution >= 4 is 0 Å². The molecule has 0 radical (unpaired) electrons. The smallest absolute Gasteiger partial charge is 0.161 e. The van der Waals surface area contributed by atoms with Gasteiger partial charge in [-0.2, -0.15) is 5.10 Å². The number of aromatic nitrogens is 2. The van der Waals surface area contributed by atoms with Crippen LogP contribution in [-0.2, 0) is 11.3 Å². The normalized spacial score (nSPS) is 15.8. The number of hydrogen-bond donors (Lipinski definition) is 0. The molecule has 2 aliphatic heterocycles. The van der Waals surface area contributed by atoms with E-state index in [0.29, 0.717) is 38.5 Å². The molecule has 3 aromatic carbocycles. The fourth-order valence-corrected chi connectivity index (χ4v) is 4.65. The Balaban J connectivity index is 1.35. The summed E-state index contributed by atoms with van der Waals surface area (Å²) in [5.41, 5.74) is 5.29. The monoisotopic (exact) mass is 471 g/mol. The van der Waals surface area contributed by atoms with E-state index in [1.165, 1.54) is 6.07 Å². The topological polar surface area (TPSA) is 48.8 Å². The zero-order chi connectivity index (χ0) is 23.6. The number of halogens is 1. The third-order valence-corrected chi connectivity index (χ3v) is 6.46. The zero-order valence-electron chi connectivity index (χ0n) is 19.3. The van der Waals surface area contributed by atoms with Crippen molar-refractivity contribution in [3.8, 4) is 39.6 Å². The van der Waals surface area contributed by atoms with Crippen LogP contribution < -0.4 is 9.47 Å². The lowest BCUT2D eigenvalue weighted by atomic mass is 10.0. The van der Waals surface area contributed by atoms with Gasteiger partial charge in [-0.25, -0.2) is 9.07 Å². The minimum absolute atomic E-state index is 0.259. The Morgan fingerprint density at radius 3 is 2.34 bits per heavy atom. The molecule has 0 spiro atoms. The van der Waals surface area contributed by atoms with E-state index >= 15 is 0 Å². The van der Waals surface area contributed by atoms with Crippen molar-refractivity contribution in [2.75, 3.05) is 39.5 Å². The Morgan fingerprint density at radius 2 is 1.54 bits per heavy atom. The molecule has 0 amide bonds. The van der Waals surface area contributed by atoms with Crippen LogP contribution in [0.1, 0.15) is 5.56 Å². The van der Waals surface area contributed by atoms with E-state index < -0.39 is 0 Å². The van der Waals surface area contributed by atoms with E-state index in [0.717, 1.165) is 52.7 Å². The summed E-state index contributed by atoms with van der Waals surface area (Å²) in [4.78, 5) is 2.32. The van der Waals surface area contributed by atoms with Crippen LogP contribution in [0, 0.1) is 5.82 Å². The first-order chi connectivity index (χ1) is 17.3. The maximum atomic E-state index is 14.9. The highest BCUT2D eigenvalue weighted by Gasteiger charge is 2.21. The SMILES string of the molecule is Fc1ccccc1-c1c(CN2CCOCC2)cnn1-c1ccc(-c2ccc3c(c2)OCCO3)cc1. The Labute approximate surface area is 203 Å². The second-order valence-corrected chi connectivity index (χ2v) is 8.70. The molecule has 6 rings (SSSR count). The van der Waals surface area contributed by atoms with E-state index in [4.69, 9.17) is 14.2 Å². The van der Waals surface area contributed by atoms with Crippen LogP contribution in [-0.4, -0.2) is 54.2 Å². The van der Waals surface area contributed by atoms with Crippen molar-refractivity contribution in [2.45, 2.75) is 6.54 Å². The number of morpholine rings is 1. The van der Waals surface area contributed by atoms with Gasteiger partial charge in [0, 0.05) is 30.8 Å². The Bertz CT molecular complexity index is 1330. The number of nitrogens with zero attached hydrogens (tertiary/aromatic N) is 3. The zero-order valence-corrected chi connectivity index (χ0v) is 19.3. The maximum absolute atomic E-state index is 14.9. The molecule has 0 bridgehead atoms. The summed E-state index contributed by atoms with van der Waals surface area (Å²) in [6, 6.07) is 21.0. The van der Waals surface area contributed by atoms with Gasteiger partial charge in [0.05, 0.1) is 30.8 Å². The fourth-order valence-electron chi connectivity index (χ4n) is 4.65. The molecule has 1 fully saturated rings. The summed E-state index contributed by atoms with van der Waals surface area (Å²) in [7, 11) is 0. The lowest BCUT2D eigenvalue weighted by molar-refractivity contribution is 0.0342. The van der Waals surface area contributed by atoms with E-state index in [2.05, 4.69) is 22.1 Å². The van der Waals surface area contributed by atoms with Crippen molar-refractivity contribution in [3.63, 3.8) is 0 Å². The first-order valence-corrected chi connectivity index (χ1v) is 11.9. The van der Waals surface area contributed by atoms with Gasteiger partial charge in [0.1, 0.15) is 19.0 Å². The molecule has 0 saturated carbocycles. The van der Waals surface area contributed by atoms with Gasteiger partial charge >= 0.3 is 0 Å². The molecule has 0 unspecified atom stereocenters. The third-order valence-electron chi connectivity index (χ3n) is 6.46. The summed E-state index contributed by atoms with van der Waals surface area (Å²) in [6.07, 6.45) is 1.85. The highest BCUT2D eigenvalue weighted by Crippen LogP contribution is 2.35. The van der Waals surface area contributed by atoms with Crippen molar-refractivity contribution in [1.82, 2.24) is 14.7 Å². The lowest BCUT2D eigenvalue weighted by Crippen LogP contribution is -2.35. The number of ether oxygens (including phenoxy) is 3. The quantitative estimate of drug-likeness (QED) is 0.412. The summed E-state index contributed by atoms with van der Waals surface area (Å²) >= 11 is 0. The molecule has 35 heavy (non-hydrogen) atoms. The molecular formula is C28H26FN3O3. The first kappa shape index (κ1) is 21.8. The average Bonchev–Trinajstić information content (AvgIpc) is 3.32. The molecule has 3 heterocycles. The number of hydrogen-bond acceptors (Lipinski definition) is 5. The molecule has 1 aromatic heterocycles. The predicted molar refractivity (Wildman–Crippen MR) is 131 cm³/mol. The van der Waals surface area contributed by atoms with Gasteiger partial charge < -0.3 is 14.2 Å². The third kappa shape index (κ3) is 4.40. The Kier molecular flexibility index (Phi) is 5.94. The minimum atomic E-state index is -0.259. The minimum Gasteiger partial charge on any atom is -0.486 e. The van der Waals surface area contributed by atoms with Crippen molar-refractivity contribution in [1.29, 1.82) is 0 Å². The summed E-state index contributed by atoms with van der Waals surface area (Å²) in [5, 5.41) is 4.69. The van der Waals surface area contributed by atoms with Gasteiger partial charge in [-0.3, -0.25) is 4.90 Å². The number of rotatable bonds is 5. The second-order valence-electron chi connectivity index (χ2n) is 8.70. The molecule has 4 aromatic rings. The Morgan fingerprint density at radius 1 is 0.800 bits per heavy atom. The van der Waals surface area contributed by atoms with Crippen LogP contribution in [0.2, 0.25) is 0 Å². The van der Waals surface area contributed by atoms with Gasteiger partial charge in [-0.1, -0.05) is 30.3 Å². The summed E-state index contributed by atoms with van der Waals surface area (Å²) in [5.74, 6) is 1.28. The standard InChI is InChI=1S/C28H26FN3O3/c29-25-4-2-1-3-24(25)28-22(19-31-11-13-33-14-12-31)18-30-32(28)23-8-5-20(6-9-23)21-7-10-26-27(17-21)35-16-15-34-26/h1-10,17-18H,11-16,19H2. The van der Waals surface area contributed by atoms with Gasteiger partial charge in [0.2, 0.25) is 0 Å². The van der Waals surface area contributed by atoms with E-state index in [-0.39, 0.29) is 5.82 Å². The van der Waals surface area contributed by atoms with Gasteiger partial charge in [0.15, 0.2) is 11.5 Å². The van der Waals surface area contributed by atoms with Crippen molar-refractivity contribution in [2.24, 2.45) is 0 Å². The van der Waals surface area contributed by atoms with Crippen LogP contribution in [0.15, 0.2) is 72.9 Å². The molecule has 2 aliphatic rings. The van der Waals surface area contributed by atoms with Crippen LogP contribution in [0.25, 0.3) is 28.1 Å². The molecule has 0 N–H and O–H groups in total. The van der Waals surface area contributed by atoms with E-state index in [1.807, 2.05) is 53.3 Å². The van der Waals surface area contributed by atoms with Crippen LogP contribution >= 0.6 is 0 Å². The van der Waals surface area contributed by atoms with E-state index in [1.54, 1.807) is 6.07 Å². The molecular weight excluding hydrogens is 445 g/mol. The van der Waals surface area contributed by atoms with Crippen molar-refractivity contribution in [3.05, 3.63) is 84.3 Å². The molecule has 6 nitrogen and oxygen atoms in total. The number of benzene rings is 3. The van der Waals surface area contributed by atoms with Crippen LogP contribution in [0.4, 0.5) is 4.39 Å².